The van der Waals surface area contributed by atoms with Crippen molar-refractivity contribution in [3.63, 3.8) is 0 Å². The van der Waals surface area contributed by atoms with Gasteiger partial charge in [-0.25, -0.2) is 8.42 Å². The van der Waals surface area contributed by atoms with Gasteiger partial charge in [-0.2, -0.15) is 0 Å². The number of carbonyl (C=O) groups excluding carboxylic acids is 1. The molecule has 12 heteroatoms. The minimum Gasteiger partial charge on any atom is -0.465 e. The highest BCUT2D eigenvalue weighted by Gasteiger charge is 2.27. The third-order valence-corrected chi connectivity index (χ3v) is 7.94. The molecule has 212 valence electrons. The summed E-state index contributed by atoms with van der Waals surface area (Å²) in [6, 6.07) is 18.5. The molecule has 4 rings (SSSR count). The molecule has 1 heterocycles. The summed E-state index contributed by atoms with van der Waals surface area (Å²) < 4.78 is 33.0. The fraction of sp³-hybridized carbons (Fsp3) is 0.333. The zero-order valence-electron chi connectivity index (χ0n) is 21.8. The van der Waals surface area contributed by atoms with Crippen LogP contribution in [-0.4, -0.2) is 58.8 Å². The van der Waals surface area contributed by atoms with E-state index < -0.39 is 21.7 Å². The number of esters is 1. The van der Waals surface area contributed by atoms with Crippen molar-refractivity contribution in [2.75, 3.05) is 47.7 Å². The van der Waals surface area contributed by atoms with Crippen molar-refractivity contribution < 1.29 is 17.9 Å². The Labute approximate surface area is 242 Å². The van der Waals surface area contributed by atoms with Crippen LogP contribution >= 0.6 is 24.8 Å². The highest BCUT2D eigenvalue weighted by molar-refractivity contribution is 7.93. The number of rotatable bonds is 9. The number of carbonyl (C=O) groups is 1. The van der Waals surface area contributed by atoms with Gasteiger partial charge in [0.15, 0.2) is 5.75 Å². The molecule has 0 spiro atoms. The van der Waals surface area contributed by atoms with Crippen molar-refractivity contribution in [2.24, 2.45) is 5.73 Å². The van der Waals surface area contributed by atoms with Gasteiger partial charge in [0.05, 0.1) is 18.8 Å². The maximum Gasteiger partial charge on any atom is 0.323 e. The second-order valence-corrected chi connectivity index (χ2v) is 10.9. The van der Waals surface area contributed by atoms with Gasteiger partial charge in [0.2, 0.25) is 10.0 Å². The largest absolute Gasteiger partial charge is 0.465 e. The molecule has 0 atom stereocenters. The first-order chi connectivity index (χ1) is 17.8. The number of nitrogens with zero attached hydrogens (tertiary/aromatic N) is 2. The fourth-order valence-corrected chi connectivity index (χ4v) is 5.77. The topological polar surface area (TPSA) is 129 Å². The van der Waals surface area contributed by atoms with E-state index in [1.54, 1.807) is 25.1 Å². The molecule has 1 saturated heterocycles. The van der Waals surface area contributed by atoms with E-state index in [1.165, 1.54) is 4.31 Å². The van der Waals surface area contributed by atoms with E-state index in [-0.39, 0.29) is 43.8 Å². The lowest BCUT2D eigenvalue weighted by Crippen LogP contribution is -2.36. The summed E-state index contributed by atoms with van der Waals surface area (Å²) in [4.78, 5) is 14.4. The van der Waals surface area contributed by atoms with Crippen molar-refractivity contribution in [1.29, 1.82) is 5.41 Å². The van der Waals surface area contributed by atoms with Crippen molar-refractivity contribution in [1.82, 2.24) is 5.32 Å². The van der Waals surface area contributed by atoms with Gasteiger partial charge in [-0.1, -0.05) is 24.3 Å². The van der Waals surface area contributed by atoms with E-state index in [4.69, 9.17) is 15.9 Å². The molecule has 39 heavy (non-hydrogen) atoms. The van der Waals surface area contributed by atoms with Gasteiger partial charge in [0.1, 0.15) is 5.84 Å². The van der Waals surface area contributed by atoms with Crippen LogP contribution in [0.15, 0.2) is 60.7 Å². The number of benzene rings is 3. The number of sulfonamides is 1. The van der Waals surface area contributed by atoms with E-state index in [1.807, 2.05) is 42.5 Å². The first kappa shape index (κ1) is 32.2. The molecule has 0 bridgehead atoms. The Kier molecular flexibility index (Phi) is 11.8. The number of hydrogen-bond acceptors (Lipinski definition) is 7. The number of amidine groups is 1. The molecule has 1 aliphatic rings. The second kappa shape index (κ2) is 14.4. The minimum atomic E-state index is -4.03. The van der Waals surface area contributed by atoms with E-state index in [9.17, 15) is 13.2 Å². The predicted molar refractivity (Wildman–Crippen MR) is 162 cm³/mol. The van der Waals surface area contributed by atoms with E-state index in [0.29, 0.717) is 11.3 Å². The Balaban J connectivity index is 0.00000267. The number of anilines is 2. The SMILES string of the molecule is CCOC(=O)CS(=O)(=O)N(Cc1ccc2ccc(C(=N)N)cc2c1)c1ccc(N2CCCNCC2)cc1.Cl.Cl. The van der Waals surface area contributed by atoms with Crippen molar-refractivity contribution in [2.45, 2.75) is 19.9 Å². The standard InChI is InChI=1S/C27H33N5O4S.2ClH/c1-2-36-26(33)19-37(34,35)32(25-10-8-24(9-11-25)31-14-3-12-30-13-15-31)18-20-4-5-21-6-7-22(27(28)29)17-23(21)16-20;;/h4-11,16-17,30H,2-3,12-15,18-19H2,1H3,(H3,28,29);2*1H. The van der Waals surface area contributed by atoms with Gasteiger partial charge in [-0.3, -0.25) is 14.5 Å². The number of hydrogen-bond donors (Lipinski definition) is 3. The number of nitrogens with two attached hydrogens (primary N) is 1. The summed E-state index contributed by atoms with van der Waals surface area (Å²) in [6.45, 7) is 5.47. The average molecular weight is 597 g/mol. The van der Waals surface area contributed by atoms with E-state index >= 15 is 0 Å². The fourth-order valence-electron chi connectivity index (χ4n) is 4.44. The van der Waals surface area contributed by atoms with Crippen molar-refractivity contribution in [3.05, 3.63) is 71.8 Å². The van der Waals surface area contributed by atoms with Crippen LogP contribution in [0.25, 0.3) is 10.8 Å². The zero-order chi connectivity index (χ0) is 26.4. The Hall–Kier alpha value is -3.05. The molecule has 1 aliphatic heterocycles. The number of nitrogen functional groups attached to an aromatic ring is 1. The lowest BCUT2D eigenvalue weighted by molar-refractivity contribution is -0.139. The highest BCUT2D eigenvalue weighted by Crippen LogP contribution is 2.27. The number of fused-ring (bicyclic) bond motifs is 1. The van der Waals surface area contributed by atoms with Crippen molar-refractivity contribution in [3.8, 4) is 0 Å². The molecule has 0 amide bonds. The first-order valence-electron chi connectivity index (χ1n) is 12.4. The van der Waals surface area contributed by atoms with Crippen LogP contribution in [0.1, 0.15) is 24.5 Å². The quantitative estimate of drug-likeness (QED) is 0.195. The number of halogens is 2. The maximum atomic E-state index is 13.4. The smallest absolute Gasteiger partial charge is 0.323 e. The van der Waals surface area contributed by atoms with Gasteiger partial charge >= 0.3 is 5.97 Å². The van der Waals surface area contributed by atoms with Crippen molar-refractivity contribution >= 4 is 68.8 Å². The number of ether oxygens (including phenoxy) is 1. The summed E-state index contributed by atoms with van der Waals surface area (Å²) in [5.74, 6) is -1.57. The highest BCUT2D eigenvalue weighted by atomic mass is 35.5. The Morgan fingerprint density at radius 2 is 1.74 bits per heavy atom. The summed E-state index contributed by atoms with van der Waals surface area (Å²) >= 11 is 0. The molecule has 0 radical (unpaired) electrons. The van der Waals surface area contributed by atoms with Crippen LogP contribution in [0.5, 0.6) is 0 Å². The predicted octanol–water partition coefficient (Wildman–Crippen LogP) is 3.67. The Bertz CT molecular complexity index is 1380. The lowest BCUT2D eigenvalue weighted by atomic mass is 10.0. The molecular weight excluding hydrogens is 561 g/mol. The normalized spacial score (nSPS) is 13.5. The van der Waals surface area contributed by atoms with Crippen LogP contribution in [0.2, 0.25) is 0 Å². The van der Waals surface area contributed by atoms with Crippen LogP contribution < -0.4 is 20.3 Å². The van der Waals surface area contributed by atoms with Gasteiger partial charge in [0.25, 0.3) is 0 Å². The summed E-state index contributed by atoms with van der Waals surface area (Å²) in [5.41, 5.74) is 8.48. The molecule has 4 N–H and O–H groups in total. The van der Waals surface area contributed by atoms with Crippen LogP contribution in [0, 0.1) is 5.41 Å². The first-order valence-corrected chi connectivity index (χ1v) is 14.0. The van der Waals surface area contributed by atoms with Crippen LogP contribution in [0.3, 0.4) is 0 Å². The molecule has 0 aliphatic carbocycles. The van der Waals surface area contributed by atoms with Gasteiger partial charge in [-0.15, -0.1) is 24.8 Å². The van der Waals surface area contributed by atoms with E-state index in [0.717, 1.165) is 54.6 Å². The average Bonchev–Trinajstić information content (AvgIpc) is 3.16. The molecule has 9 nitrogen and oxygen atoms in total. The molecule has 0 aromatic heterocycles. The van der Waals surface area contributed by atoms with Gasteiger partial charge in [0, 0.05) is 30.9 Å². The van der Waals surface area contributed by atoms with Gasteiger partial charge in [-0.05, 0) is 72.6 Å². The van der Waals surface area contributed by atoms with Crippen LogP contribution in [-0.2, 0) is 26.1 Å². The molecule has 1 fully saturated rings. The molecule has 0 unspecified atom stereocenters. The summed E-state index contributed by atoms with van der Waals surface area (Å²) in [7, 11) is -4.03. The second-order valence-electron chi connectivity index (χ2n) is 8.98. The lowest BCUT2D eigenvalue weighted by Gasteiger charge is -2.26. The van der Waals surface area contributed by atoms with E-state index in [2.05, 4.69) is 10.2 Å². The third kappa shape index (κ3) is 8.22. The zero-order valence-corrected chi connectivity index (χ0v) is 24.2. The molecule has 3 aromatic rings. The maximum absolute atomic E-state index is 13.4. The minimum absolute atomic E-state index is 0. The summed E-state index contributed by atoms with van der Waals surface area (Å²) in [6.07, 6.45) is 1.04. The van der Waals surface area contributed by atoms with Crippen LogP contribution in [0.4, 0.5) is 11.4 Å². The summed E-state index contributed by atoms with van der Waals surface area (Å²) in [5, 5.41) is 12.9. The monoisotopic (exact) mass is 595 g/mol. The number of nitrogens with one attached hydrogen (secondary N) is 2. The Morgan fingerprint density at radius 3 is 2.44 bits per heavy atom. The molecule has 0 saturated carbocycles. The molecular formula is C27H35Cl2N5O4S. The third-order valence-electron chi connectivity index (χ3n) is 6.33. The van der Waals surface area contributed by atoms with Gasteiger partial charge < -0.3 is 20.7 Å². The Morgan fingerprint density at radius 1 is 1.03 bits per heavy atom. The molecule has 3 aromatic carbocycles.